The van der Waals surface area contributed by atoms with E-state index in [-0.39, 0.29) is 30.2 Å². The van der Waals surface area contributed by atoms with Gasteiger partial charge in [0.1, 0.15) is 11.4 Å². The third kappa shape index (κ3) is 4.46. The van der Waals surface area contributed by atoms with Gasteiger partial charge in [-0.05, 0) is 25.0 Å². The van der Waals surface area contributed by atoms with Crippen LogP contribution in [0.2, 0.25) is 0 Å². The number of nitrogens with one attached hydrogen (secondary N) is 1. The fourth-order valence-corrected chi connectivity index (χ4v) is 4.45. The van der Waals surface area contributed by atoms with Crippen molar-refractivity contribution in [1.82, 2.24) is 15.0 Å². The number of anilines is 1. The second-order valence-corrected chi connectivity index (χ2v) is 9.26. The maximum Gasteiger partial charge on any atom is 0.472 e. The van der Waals surface area contributed by atoms with Crippen LogP contribution in [0.4, 0.5) is 23.2 Å². The number of benzene rings is 1. The predicted octanol–water partition coefficient (Wildman–Crippen LogP) is 2.92. The number of nitrogens with zero attached hydrogens (tertiary/aromatic N) is 3. The van der Waals surface area contributed by atoms with Crippen LogP contribution in [0.3, 0.4) is 0 Å². The van der Waals surface area contributed by atoms with Gasteiger partial charge in [-0.1, -0.05) is 13.8 Å². The first kappa shape index (κ1) is 24.0. The van der Waals surface area contributed by atoms with Crippen molar-refractivity contribution in [2.24, 2.45) is 5.41 Å². The molecule has 0 bridgehead atoms. The van der Waals surface area contributed by atoms with E-state index in [9.17, 15) is 32.7 Å². The number of aromatic carboxylic acids is 1. The average molecular weight is 484 g/mol. The van der Waals surface area contributed by atoms with Crippen molar-refractivity contribution in [3.05, 3.63) is 39.9 Å². The van der Waals surface area contributed by atoms with Crippen LogP contribution in [0, 0.1) is 11.2 Å². The number of pyridine rings is 1. The van der Waals surface area contributed by atoms with E-state index in [1.165, 1.54) is 17.3 Å². The number of carboxylic acids is 1. The lowest BCUT2D eigenvalue weighted by atomic mass is 9.81. The van der Waals surface area contributed by atoms with E-state index < -0.39 is 40.3 Å². The van der Waals surface area contributed by atoms with Gasteiger partial charge < -0.3 is 14.6 Å². The summed E-state index contributed by atoms with van der Waals surface area (Å²) in [5.74, 6) is -4.11. The fourth-order valence-electron chi connectivity index (χ4n) is 4.45. The summed E-state index contributed by atoms with van der Waals surface area (Å²) in [5.41, 5.74) is 0.845. The Morgan fingerprint density at radius 3 is 2.44 bits per heavy atom. The number of amides is 1. The molecule has 2 N–H and O–H groups in total. The molecule has 4 rings (SSSR count). The highest BCUT2D eigenvalue weighted by Crippen LogP contribution is 2.40. The molecule has 2 aliphatic rings. The number of carbonyl (C=O) groups excluding carboxylic acids is 1. The molecule has 184 valence electrons. The topological polar surface area (TPSA) is 94.9 Å². The van der Waals surface area contributed by atoms with Gasteiger partial charge >= 0.3 is 18.1 Å². The number of carboxylic acid groups (broad SMARTS) is 1. The van der Waals surface area contributed by atoms with E-state index in [4.69, 9.17) is 0 Å². The molecule has 1 saturated carbocycles. The van der Waals surface area contributed by atoms with E-state index in [0.717, 1.165) is 18.9 Å². The summed E-state index contributed by atoms with van der Waals surface area (Å²) < 4.78 is 54.4. The Morgan fingerprint density at radius 2 is 1.91 bits per heavy atom. The summed E-state index contributed by atoms with van der Waals surface area (Å²) in [6.45, 7) is 4.35. The van der Waals surface area contributed by atoms with E-state index in [0.29, 0.717) is 18.6 Å². The normalized spacial score (nSPS) is 17.7. The molecule has 2 heterocycles. The largest absolute Gasteiger partial charge is 0.477 e. The summed E-state index contributed by atoms with van der Waals surface area (Å²) in [6.07, 6.45) is -2.05. The molecule has 0 unspecified atom stereocenters. The zero-order valence-electron chi connectivity index (χ0n) is 18.6. The molecule has 0 spiro atoms. The Kier molecular flexibility index (Phi) is 5.83. The van der Waals surface area contributed by atoms with Gasteiger partial charge in [-0.3, -0.25) is 15.0 Å². The molecule has 12 heteroatoms. The highest BCUT2D eigenvalue weighted by molar-refractivity contribution is 5.93. The lowest BCUT2D eigenvalue weighted by molar-refractivity contribution is -0.179. The van der Waals surface area contributed by atoms with Crippen LogP contribution in [0.1, 0.15) is 43.1 Å². The third-order valence-electron chi connectivity index (χ3n) is 6.23. The van der Waals surface area contributed by atoms with Gasteiger partial charge in [-0.2, -0.15) is 13.2 Å². The van der Waals surface area contributed by atoms with Crippen molar-refractivity contribution in [2.45, 2.75) is 38.9 Å². The summed E-state index contributed by atoms with van der Waals surface area (Å²) >= 11 is 0. The van der Waals surface area contributed by atoms with Crippen molar-refractivity contribution in [2.75, 3.05) is 31.1 Å². The molecular formula is C22H24F4N4O4. The Morgan fingerprint density at radius 1 is 1.26 bits per heavy atom. The van der Waals surface area contributed by atoms with Gasteiger partial charge in [0.2, 0.25) is 5.43 Å². The van der Waals surface area contributed by atoms with E-state index >= 15 is 4.39 Å². The monoisotopic (exact) mass is 484 g/mol. The SMILES string of the molecule is CCN(CC1(C)CN(c2cc3c(cc2F)c(=O)c(C(=O)O)cn3C2CC2)C1)NC(=O)C(F)(F)F. The second kappa shape index (κ2) is 8.26. The van der Waals surface area contributed by atoms with Gasteiger partial charge in [0.25, 0.3) is 0 Å². The zero-order chi connectivity index (χ0) is 25.0. The fraction of sp³-hybridized carbons (Fsp3) is 0.500. The Labute approximate surface area is 191 Å². The maximum atomic E-state index is 15.0. The quantitative estimate of drug-likeness (QED) is 0.464. The van der Waals surface area contributed by atoms with Crippen LogP contribution in [0.25, 0.3) is 10.9 Å². The smallest absolute Gasteiger partial charge is 0.472 e. The van der Waals surface area contributed by atoms with Crippen molar-refractivity contribution >= 4 is 28.5 Å². The lowest BCUT2D eigenvalue weighted by Gasteiger charge is -2.51. The second-order valence-electron chi connectivity index (χ2n) is 9.26. The number of halogens is 4. The van der Waals surface area contributed by atoms with Crippen molar-refractivity contribution in [1.29, 1.82) is 0 Å². The number of aromatic nitrogens is 1. The van der Waals surface area contributed by atoms with Crippen molar-refractivity contribution in [3.63, 3.8) is 0 Å². The first-order valence-corrected chi connectivity index (χ1v) is 10.8. The Hall–Kier alpha value is -3.15. The highest BCUT2D eigenvalue weighted by Gasteiger charge is 2.44. The Balaban J connectivity index is 1.57. The molecule has 1 aliphatic heterocycles. The van der Waals surface area contributed by atoms with Gasteiger partial charge in [-0.25, -0.2) is 14.2 Å². The molecule has 2 aromatic rings. The molecule has 0 atom stereocenters. The van der Waals surface area contributed by atoms with Crippen LogP contribution in [0.5, 0.6) is 0 Å². The van der Waals surface area contributed by atoms with E-state index in [2.05, 4.69) is 0 Å². The lowest BCUT2D eigenvalue weighted by Crippen LogP contribution is -2.62. The summed E-state index contributed by atoms with van der Waals surface area (Å²) in [6, 6.07) is 2.62. The molecule has 8 nitrogen and oxygen atoms in total. The van der Waals surface area contributed by atoms with Crippen LogP contribution < -0.4 is 15.8 Å². The summed E-state index contributed by atoms with van der Waals surface area (Å²) in [7, 11) is 0. The average Bonchev–Trinajstić information content (AvgIpc) is 3.56. The molecule has 2 fully saturated rings. The number of hydrogen-bond acceptors (Lipinski definition) is 5. The van der Waals surface area contributed by atoms with Crippen LogP contribution in [0.15, 0.2) is 23.1 Å². The number of rotatable bonds is 7. The van der Waals surface area contributed by atoms with Crippen molar-refractivity contribution in [3.8, 4) is 0 Å². The molecule has 0 radical (unpaired) electrons. The first-order chi connectivity index (χ1) is 15.8. The van der Waals surface area contributed by atoms with Gasteiger partial charge in [-0.15, -0.1) is 0 Å². The number of hydrogen-bond donors (Lipinski definition) is 2. The number of carbonyl (C=O) groups is 2. The highest BCUT2D eigenvalue weighted by atomic mass is 19.4. The molecule has 1 saturated heterocycles. The van der Waals surface area contributed by atoms with Gasteiger partial charge in [0.15, 0.2) is 0 Å². The number of hydrazine groups is 1. The zero-order valence-corrected chi connectivity index (χ0v) is 18.6. The third-order valence-corrected chi connectivity index (χ3v) is 6.23. The molecule has 1 aliphatic carbocycles. The van der Waals surface area contributed by atoms with E-state index in [1.54, 1.807) is 16.4 Å². The Bertz CT molecular complexity index is 1220. The van der Waals surface area contributed by atoms with Crippen LogP contribution >= 0.6 is 0 Å². The molecular weight excluding hydrogens is 460 g/mol. The minimum atomic E-state index is -4.99. The van der Waals surface area contributed by atoms with E-state index in [1.807, 2.05) is 12.3 Å². The minimum absolute atomic E-state index is 0.0108. The van der Waals surface area contributed by atoms with Crippen molar-refractivity contribution < 1.29 is 32.3 Å². The molecule has 1 aromatic carbocycles. The van der Waals surface area contributed by atoms with Gasteiger partial charge in [0.05, 0.1) is 11.2 Å². The number of alkyl halides is 3. The standard InChI is InChI=1S/C22H24F4N4O4/c1-3-29(27-20(34)22(24,25)26)11-21(2)9-28(10-21)17-7-16-13(6-15(17)23)18(31)14(19(32)33)8-30(16)12-4-5-12/h6-8,12H,3-5,9-11H2,1-2H3,(H,27,34)(H,32,33). The predicted molar refractivity (Wildman–Crippen MR) is 115 cm³/mol. The first-order valence-electron chi connectivity index (χ1n) is 10.8. The summed E-state index contributed by atoms with van der Waals surface area (Å²) in [4.78, 5) is 37.1. The molecule has 1 amide bonds. The maximum absolute atomic E-state index is 15.0. The molecule has 34 heavy (non-hydrogen) atoms. The number of fused-ring (bicyclic) bond motifs is 1. The minimum Gasteiger partial charge on any atom is -0.477 e. The molecule has 1 aromatic heterocycles. The van der Waals surface area contributed by atoms with Crippen LogP contribution in [-0.4, -0.2) is 58.9 Å². The summed E-state index contributed by atoms with van der Waals surface area (Å²) in [5, 5.41) is 10.5. The van der Waals surface area contributed by atoms with Crippen LogP contribution in [-0.2, 0) is 4.79 Å². The van der Waals surface area contributed by atoms with Gasteiger partial charge in [0, 0.05) is 49.2 Å².